The summed E-state index contributed by atoms with van der Waals surface area (Å²) in [5, 5.41) is 14.0. The van der Waals surface area contributed by atoms with Crippen LogP contribution < -0.4 is 5.56 Å². The highest BCUT2D eigenvalue weighted by molar-refractivity contribution is 5.85. The standard InChI is InChI=1S/C30H33N7O/c1-20-13-14-21(2)26-24(20)16-25(29(38)32-26)27(28-33-34-35-37(28)30(3,4)5)36(18-22-10-7-6-8-11-22)19-23-12-9-15-31-17-23/h6-17,27H,18-19H2,1-5H3,(H,32,38)/t27-/m0/s1. The van der Waals surface area contributed by atoms with E-state index in [9.17, 15) is 4.79 Å². The molecule has 0 fully saturated rings. The lowest BCUT2D eigenvalue weighted by Gasteiger charge is -2.33. The number of aromatic nitrogens is 6. The lowest BCUT2D eigenvalue weighted by molar-refractivity contribution is 0.184. The largest absolute Gasteiger partial charge is 0.321 e. The Kier molecular flexibility index (Phi) is 6.91. The first-order valence-corrected chi connectivity index (χ1v) is 12.8. The zero-order chi connectivity index (χ0) is 26.9. The molecule has 38 heavy (non-hydrogen) atoms. The molecule has 0 saturated carbocycles. The van der Waals surface area contributed by atoms with Gasteiger partial charge in [-0.15, -0.1) is 5.10 Å². The third-order valence-electron chi connectivity index (χ3n) is 6.84. The Balaban J connectivity index is 1.76. The summed E-state index contributed by atoms with van der Waals surface area (Å²) in [5.74, 6) is 0.618. The van der Waals surface area contributed by atoms with Crippen LogP contribution >= 0.6 is 0 Å². The molecule has 0 unspecified atom stereocenters. The smallest absolute Gasteiger partial charge is 0.253 e. The molecule has 1 atom stereocenters. The zero-order valence-corrected chi connectivity index (χ0v) is 22.5. The summed E-state index contributed by atoms with van der Waals surface area (Å²) >= 11 is 0. The number of benzene rings is 2. The Bertz CT molecular complexity index is 1560. The van der Waals surface area contributed by atoms with Gasteiger partial charge in [0.1, 0.15) is 6.04 Å². The molecule has 0 spiro atoms. The third kappa shape index (κ3) is 5.13. The van der Waals surface area contributed by atoms with Crippen LogP contribution in [0.25, 0.3) is 10.9 Å². The van der Waals surface area contributed by atoms with Crippen molar-refractivity contribution < 1.29 is 0 Å². The second kappa shape index (κ2) is 10.3. The van der Waals surface area contributed by atoms with Gasteiger partial charge in [0.2, 0.25) is 0 Å². The highest BCUT2D eigenvalue weighted by Crippen LogP contribution is 2.32. The number of hydrogen-bond donors (Lipinski definition) is 1. The van der Waals surface area contributed by atoms with Crippen LogP contribution in [0.2, 0.25) is 0 Å². The maximum atomic E-state index is 13.8. The molecule has 8 nitrogen and oxygen atoms in total. The monoisotopic (exact) mass is 507 g/mol. The summed E-state index contributed by atoms with van der Waals surface area (Å²) in [7, 11) is 0. The molecule has 2 aromatic carbocycles. The van der Waals surface area contributed by atoms with Gasteiger partial charge in [-0.1, -0.05) is 48.5 Å². The van der Waals surface area contributed by atoms with E-state index < -0.39 is 6.04 Å². The van der Waals surface area contributed by atoms with Crippen molar-refractivity contribution in [2.45, 2.75) is 59.3 Å². The predicted octanol–water partition coefficient (Wildman–Crippen LogP) is 5.07. The minimum Gasteiger partial charge on any atom is -0.321 e. The van der Waals surface area contributed by atoms with E-state index in [4.69, 9.17) is 0 Å². The van der Waals surface area contributed by atoms with Crippen LogP contribution in [0.3, 0.4) is 0 Å². The second-order valence-electron chi connectivity index (χ2n) is 10.8. The first kappa shape index (κ1) is 25.5. The zero-order valence-electron chi connectivity index (χ0n) is 22.5. The molecule has 0 amide bonds. The quantitative estimate of drug-likeness (QED) is 0.331. The van der Waals surface area contributed by atoms with Crippen LogP contribution in [0, 0.1) is 13.8 Å². The number of tetrazole rings is 1. The summed E-state index contributed by atoms with van der Waals surface area (Å²) in [6.07, 6.45) is 3.63. The molecule has 194 valence electrons. The Morgan fingerprint density at radius 1 is 0.947 bits per heavy atom. The highest BCUT2D eigenvalue weighted by Gasteiger charge is 2.33. The SMILES string of the molecule is Cc1ccc(C)c2[nH]c(=O)c([C@@H](c3nnnn3C(C)(C)C)N(Cc3ccccc3)Cc3cccnc3)cc12. The molecule has 0 aliphatic heterocycles. The van der Waals surface area contributed by atoms with Crippen molar-refractivity contribution in [3.63, 3.8) is 0 Å². The fourth-order valence-electron chi connectivity index (χ4n) is 4.92. The summed E-state index contributed by atoms with van der Waals surface area (Å²) in [6, 6.07) is 19.9. The van der Waals surface area contributed by atoms with E-state index >= 15 is 0 Å². The van der Waals surface area contributed by atoms with Gasteiger partial charge in [-0.05, 0) is 79.4 Å². The lowest BCUT2D eigenvalue weighted by Crippen LogP contribution is -2.37. The molecule has 5 rings (SSSR count). The summed E-state index contributed by atoms with van der Waals surface area (Å²) < 4.78 is 1.83. The first-order chi connectivity index (χ1) is 18.2. The number of rotatable bonds is 7. The summed E-state index contributed by atoms with van der Waals surface area (Å²) in [6.45, 7) is 11.4. The second-order valence-corrected chi connectivity index (χ2v) is 10.8. The van der Waals surface area contributed by atoms with Crippen LogP contribution in [-0.2, 0) is 18.6 Å². The summed E-state index contributed by atoms with van der Waals surface area (Å²) in [5.41, 5.74) is 5.21. The van der Waals surface area contributed by atoms with Crippen LogP contribution in [0.4, 0.5) is 0 Å². The maximum absolute atomic E-state index is 13.8. The van der Waals surface area contributed by atoms with E-state index in [1.165, 1.54) is 0 Å². The van der Waals surface area contributed by atoms with Crippen molar-refractivity contribution in [2.75, 3.05) is 0 Å². The van der Waals surface area contributed by atoms with E-state index in [2.05, 4.69) is 76.3 Å². The van der Waals surface area contributed by atoms with Crippen LogP contribution in [-0.4, -0.2) is 35.1 Å². The van der Waals surface area contributed by atoms with Gasteiger partial charge >= 0.3 is 0 Å². The van der Waals surface area contributed by atoms with E-state index in [1.54, 1.807) is 6.20 Å². The van der Waals surface area contributed by atoms with Crippen LogP contribution in [0.1, 0.15) is 60.5 Å². The Hall–Kier alpha value is -4.17. The molecule has 5 aromatic rings. The van der Waals surface area contributed by atoms with Gasteiger partial charge in [0, 0.05) is 36.4 Å². The molecule has 3 aromatic heterocycles. The molecule has 0 saturated heterocycles. The molecule has 1 N–H and O–H groups in total. The van der Waals surface area contributed by atoms with Gasteiger partial charge in [-0.25, -0.2) is 4.68 Å². The lowest BCUT2D eigenvalue weighted by atomic mass is 9.98. The molecule has 0 bridgehead atoms. The first-order valence-electron chi connectivity index (χ1n) is 12.8. The number of fused-ring (bicyclic) bond motifs is 1. The van der Waals surface area contributed by atoms with Gasteiger partial charge < -0.3 is 4.98 Å². The van der Waals surface area contributed by atoms with Crippen molar-refractivity contribution in [1.29, 1.82) is 0 Å². The number of nitrogens with one attached hydrogen (secondary N) is 1. The van der Waals surface area contributed by atoms with Crippen LogP contribution in [0.15, 0.2) is 77.9 Å². The number of H-pyrrole nitrogens is 1. The van der Waals surface area contributed by atoms with E-state index in [0.29, 0.717) is 24.5 Å². The molecular formula is C30H33N7O. The predicted molar refractivity (Wildman–Crippen MR) is 149 cm³/mol. The molecule has 8 heteroatoms. The fourth-order valence-corrected chi connectivity index (χ4v) is 4.92. The average Bonchev–Trinajstić information content (AvgIpc) is 3.39. The number of pyridine rings is 2. The number of hydrogen-bond acceptors (Lipinski definition) is 6. The van der Waals surface area contributed by atoms with Gasteiger partial charge in [0.05, 0.1) is 11.1 Å². The minimum absolute atomic E-state index is 0.149. The Morgan fingerprint density at radius 3 is 2.37 bits per heavy atom. The molecule has 0 aliphatic rings. The van der Waals surface area contributed by atoms with Crippen molar-refractivity contribution in [3.8, 4) is 0 Å². The van der Waals surface area contributed by atoms with Crippen molar-refractivity contribution >= 4 is 10.9 Å². The highest BCUT2D eigenvalue weighted by atomic mass is 16.1. The van der Waals surface area contributed by atoms with Crippen LogP contribution in [0.5, 0.6) is 0 Å². The van der Waals surface area contributed by atoms with Crippen molar-refractivity contribution in [1.82, 2.24) is 35.1 Å². The molecule has 0 aliphatic carbocycles. The molecule has 0 radical (unpaired) electrons. The van der Waals surface area contributed by atoms with Crippen molar-refractivity contribution in [3.05, 3.63) is 117 Å². The maximum Gasteiger partial charge on any atom is 0.253 e. The summed E-state index contributed by atoms with van der Waals surface area (Å²) in [4.78, 5) is 23.6. The van der Waals surface area contributed by atoms with Gasteiger partial charge in [-0.2, -0.15) is 0 Å². The van der Waals surface area contributed by atoms with Gasteiger partial charge in [0.15, 0.2) is 5.82 Å². The topological polar surface area (TPSA) is 92.6 Å². The molecule has 3 heterocycles. The Morgan fingerprint density at radius 2 is 1.66 bits per heavy atom. The molecular weight excluding hydrogens is 474 g/mol. The van der Waals surface area contributed by atoms with Crippen molar-refractivity contribution in [2.24, 2.45) is 0 Å². The van der Waals surface area contributed by atoms with Gasteiger partial charge in [0.25, 0.3) is 5.56 Å². The number of aromatic amines is 1. The minimum atomic E-state index is -0.516. The average molecular weight is 508 g/mol. The Labute approximate surface area is 222 Å². The van der Waals surface area contributed by atoms with E-state index in [-0.39, 0.29) is 11.1 Å². The number of aryl methyl sites for hydroxylation is 2. The fraction of sp³-hybridized carbons (Fsp3) is 0.300. The van der Waals surface area contributed by atoms with E-state index in [1.807, 2.05) is 60.3 Å². The number of nitrogens with zero attached hydrogens (tertiary/aromatic N) is 6. The van der Waals surface area contributed by atoms with Gasteiger partial charge in [-0.3, -0.25) is 14.7 Å². The third-order valence-corrected chi connectivity index (χ3v) is 6.84. The van der Waals surface area contributed by atoms with E-state index in [0.717, 1.165) is 33.2 Å². The normalized spacial score (nSPS) is 12.8.